The van der Waals surface area contributed by atoms with Crippen LogP contribution in [0.3, 0.4) is 0 Å². The van der Waals surface area contributed by atoms with Crippen molar-refractivity contribution in [1.82, 2.24) is 0 Å². The molecule has 2 aliphatic rings. The van der Waals surface area contributed by atoms with Gasteiger partial charge in [-0.2, -0.15) is 0 Å². The van der Waals surface area contributed by atoms with Gasteiger partial charge in [0.2, 0.25) is 6.79 Å². The summed E-state index contributed by atoms with van der Waals surface area (Å²) in [6.45, 7) is 0.233. The summed E-state index contributed by atoms with van der Waals surface area (Å²) in [4.78, 5) is 22.7. The molecular weight excluding hydrogens is 370 g/mol. The summed E-state index contributed by atoms with van der Waals surface area (Å²) < 4.78 is 26.7. The predicted molar refractivity (Wildman–Crippen MR) is 95.6 cm³/mol. The smallest absolute Gasteiger partial charge is 0.330 e. The van der Waals surface area contributed by atoms with E-state index in [1.807, 2.05) is 12.1 Å². The van der Waals surface area contributed by atoms with Gasteiger partial charge in [0.05, 0.1) is 16.6 Å². The van der Waals surface area contributed by atoms with Crippen LogP contribution >= 0.6 is 0 Å². The standard InChI is InChI=1S/C19H15NO8/c21-19(25-10-13-9-24-15-3-1-2-4-16(15)28-13)6-5-12-7-17-18(27-11-26-17)8-14(12)20(22)23/h1-8,13H,9-11H2/b6-5+. The van der Waals surface area contributed by atoms with E-state index in [9.17, 15) is 14.9 Å². The lowest BCUT2D eigenvalue weighted by atomic mass is 10.1. The number of hydrogen-bond donors (Lipinski definition) is 0. The van der Waals surface area contributed by atoms with Gasteiger partial charge in [0, 0.05) is 6.08 Å². The average molecular weight is 385 g/mol. The highest BCUT2D eigenvalue weighted by atomic mass is 16.7. The molecular formula is C19H15NO8. The molecule has 0 radical (unpaired) electrons. The molecule has 1 unspecified atom stereocenters. The van der Waals surface area contributed by atoms with Crippen molar-refractivity contribution in [3.63, 3.8) is 0 Å². The van der Waals surface area contributed by atoms with Crippen LogP contribution in [0.25, 0.3) is 6.08 Å². The van der Waals surface area contributed by atoms with Crippen LogP contribution in [-0.2, 0) is 9.53 Å². The Kier molecular flexibility index (Phi) is 4.71. The summed E-state index contributed by atoms with van der Waals surface area (Å²) in [5.74, 6) is 1.24. The van der Waals surface area contributed by atoms with Crippen molar-refractivity contribution in [2.75, 3.05) is 20.0 Å². The first kappa shape index (κ1) is 17.7. The molecule has 28 heavy (non-hydrogen) atoms. The minimum Gasteiger partial charge on any atom is -0.486 e. The molecule has 0 spiro atoms. The zero-order chi connectivity index (χ0) is 19.5. The number of nitrogens with zero attached hydrogens (tertiary/aromatic N) is 1. The van der Waals surface area contributed by atoms with Crippen molar-refractivity contribution >= 4 is 17.7 Å². The molecule has 2 heterocycles. The number of hydrogen-bond acceptors (Lipinski definition) is 8. The molecule has 0 aromatic heterocycles. The van der Waals surface area contributed by atoms with Gasteiger partial charge in [-0.05, 0) is 24.3 Å². The molecule has 4 rings (SSSR count). The Labute approximate surface area is 159 Å². The van der Waals surface area contributed by atoms with Crippen molar-refractivity contribution in [1.29, 1.82) is 0 Å². The largest absolute Gasteiger partial charge is 0.486 e. The van der Waals surface area contributed by atoms with Gasteiger partial charge in [0.25, 0.3) is 5.69 Å². The number of carbonyl (C=O) groups is 1. The molecule has 0 bridgehead atoms. The number of fused-ring (bicyclic) bond motifs is 2. The molecule has 0 N–H and O–H groups in total. The van der Waals surface area contributed by atoms with E-state index in [1.165, 1.54) is 18.2 Å². The van der Waals surface area contributed by atoms with Crippen LogP contribution in [-0.4, -0.2) is 37.0 Å². The summed E-state index contributed by atoms with van der Waals surface area (Å²) >= 11 is 0. The van der Waals surface area contributed by atoms with Crippen LogP contribution in [0.1, 0.15) is 5.56 Å². The molecule has 2 aromatic carbocycles. The molecule has 0 saturated carbocycles. The zero-order valence-electron chi connectivity index (χ0n) is 14.5. The van der Waals surface area contributed by atoms with Gasteiger partial charge in [-0.3, -0.25) is 10.1 Å². The number of nitro benzene ring substituents is 1. The fourth-order valence-electron chi connectivity index (χ4n) is 2.76. The summed E-state index contributed by atoms with van der Waals surface area (Å²) in [5, 5.41) is 11.2. The maximum Gasteiger partial charge on any atom is 0.330 e. The number of benzene rings is 2. The molecule has 9 nitrogen and oxygen atoms in total. The normalized spacial score (nSPS) is 16.8. The summed E-state index contributed by atoms with van der Waals surface area (Å²) in [7, 11) is 0. The second-order valence-electron chi connectivity index (χ2n) is 5.98. The number of para-hydroxylation sites is 2. The van der Waals surface area contributed by atoms with Gasteiger partial charge >= 0.3 is 5.97 Å². The van der Waals surface area contributed by atoms with Gasteiger partial charge in [0.15, 0.2) is 29.1 Å². The van der Waals surface area contributed by atoms with Crippen LogP contribution in [0.2, 0.25) is 0 Å². The van der Waals surface area contributed by atoms with Crippen LogP contribution < -0.4 is 18.9 Å². The first-order valence-electron chi connectivity index (χ1n) is 8.41. The summed E-state index contributed by atoms with van der Waals surface area (Å²) in [5.41, 5.74) is 0.00583. The van der Waals surface area contributed by atoms with Crippen LogP contribution in [0, 0.1) is 10.1 Å². The van der Waals surface area contributed by atoms with Crippen molar-refractivity contribution in [3.8, 4) is 23.0 Å². The van der Waals surface area contributed by atoms with E-state index in [0.717, 1.165) is 6.08 Å². The van der Waals surface area contributed by atoms with E-state index in [0.29, 0.717) is 23.0 Å². The molecule has 2 aliphatic heterocycles. The first-order valence-corrected chi connectivity index (χ1v) is 8.41. The minimum absolute atomic E-state index is 0.00567. The fourth-order valence-corrected chi connectivity index (χ4v) is 2.76. The zero-order valence-corrected chi connectivity index (χ0v) is 14.5. The number of carbonyl (C=O) groups excluding carboxylic acids is 1. The predicted octanol–water partition coefficient (Wildman–Crippen LogP) is 2.72. The van der Waals surface area contributed by atoms with Gasteiger partial charge < -0.3 is 23.7 Å². The first-order chi connectivity index (χ1) is 13.6. The molecule has 0 aliphatic carbocycles. The summed E-state index contributed by atoms with van der Waals surface area (Å²) in [6.07, 6.45) is 1.98. The highest BCUT2D eigenvalue weighted by molar-refractivity contribution is 5.88. The molecule has 0 saturated heterocycles. The molecule has 2 aromatic rings. The van der Waals surface area contributed by atoms with E-state index in [1.54, 1.807) is 12.1 Å². The Morgan fingerprint density at radius 3 is 2.68 bits per heavy atom. The lowest BCUT2D eigenvalue weighted by Crippen LogP contribution is -2.34. The van der Waals surface area contributed by atoms with Crippen molar-refractivity contribution in [2.45, 2.75) is 6.10 Å². The second-order valence-corrected chi connectivity index (χ2v) is 5.98. The maximum absolute atomic E-state index is 12.0. The highest BCUT2D eigenvalue weighted by Gasteiger charge is 2.23. The van der Waals surface area contributed by atoms with Crippen LogP contribution in [0.4, 0.5) is 5.69 Å². The van der Waals surface area contributed by atoms with E-state index in [4.69, 9.17) is 23.7 Å². The fraction of sp³-hybridized carbons (Fsp3) is 0.211. The van der Waals surface area contributed by atoms with Crippen LogP contribution in [0.15, 0.2) is 42.5 Å². The number of ether oxygens (including phenoxy) is 5. The van der Waals surface area contributed by atoms with Gasteiger partial charge in [-0.15, -0.1) is 0 Å². The molecule has 1 atom stereocenters. The minimum atomic E-state index is -0.658. The maximum atomic E-state index is 12.0. The highest BCUT2D eigenvalue weighted by Crippen LogP contribution is 2.38. The monoisotopic (exact) mass is 385 g/mol. The second kappa shape index (κ2) is 7.47. The summed E-state index contributed by atoms with van der Waals surface area (Å²) in [6, 6.07) is 9.91. The number of esters is 1. The van der Waals surface area contributed by atoms with Crippen molar-refractivity contribution in [2.24, 2.45) is 0 Å². The van der Waals surface area contributed by atoms with Gasteiger partial charge in [-0.25, -0.2) is 4.79 Å². The lowest BCUT2D eigenvalue weighted by Gasteiger charge is -2.25. The van der Waals surface area contributed by atoms with Crippen LogP contribution in [0.5, 0.6) is 23.0 Å². The third kappa shape index (κ3) is 3.68. The van der Waals surface area contributed by atoms with E-state index >= 15 is 0 Å². The molecule has 144 valence electrons. The quantitative estimate of drug-likeness (QED) is 0.335. The topological polar surface area (TPSA) is 106 Å². The lowest BCUT2D eigenvalue weighted by molar-refractivity contribution is -0.385. The van der Waals surface area contributed by atoms with Gasteiger partial charge in [0.1, 0.15) is 13.2 Å². The average Bonchev–Trinajstić information content (AvgIpc) is 3.17. The Hall–Kier alpha value is -3.75. The Balaban J connectivity index is 1.38. The van der Waals surface area contributed by atoms with Gasteiger partial charge in [-0.1, -0.05) is 12.1 Å². The van der Waals surface area contributed by atoms with E-state index < -0.39 is 17.0 Å². The molecule has 0 amide bonds. The third-order valence-electron chi connectivity index (χ3n) is 4.10. The van der Waals surface area contributed by atoms with Crippen molar-refractivity contribution in [3.05, 3.63) is 58.2 Å². The van der Waals surface area contributed by atoms with E-state index in [-0.39, 0.29) is 31.3 Å². The van der Waals surface area contributed by atoms with Crippen molar-refractivity contribution < 1.29 is 33.4 Å². The number of rotatable bonds is 5. The third-order valence-corrected chi connectivity index (χ3v) is 4.10. The Bertz CT molecular complexity index is 955. The Morgan fingerprint density at radius 2 is 1.89 bits per heavy atom. The molecule has 0 fully saturated rings. The SMILES string of the molecule is O=C(/C=C/c1cc2c(cc1[N+](=O)[O-])OCO2)OCC1COc2ccccc2O1. The molecule has 9 heteroatoms. The number of nitro groups is 1. The Morgan fingerprint density at radius 1 is 1.14 bits per heavy atom. The van der Waals surface area contributed by atoms with E-state index in [2.05, 4.69) is 0 Å².